The zero-order valence-corrected chi connectivity index (χ0v) is 22.4. The lowest BCUT2D eigenvalue weighted by molar-refractivity contribution is -0.116. The van der Waals surface area contributed by atoms with Crippen LogP contribution in [0.2, 0.25) is 0 Å². The number of thiocarbonyl (C=S) groups is 1. The van der Waals surface area contributed by atoms with E-state index in [0.717, 1.165) is 22.5 Å². The fourth-order valence-corrected chi connectivity index (χ4v) is 5.06. The second-order valence-corrected chi connectivity index (χ2v) is 9.91. The minimum Gasteiger partial charge on any atom is -0.478 e. The molecule has 0 radical (unpaired) electrons. The van der Waals surface area contributed by atoms with Gasteiger partial charge in [0.1, 0.15) is 17.6 Å². The van der Waals surface area contributed by atoms with Crippen LogP contribution in [0.4, 0.5) is 5.69 Å². The van der Waals surface area contributed by atoms with Crippen molar-refractivity contribution in [2.75, 3.05) is 11.9 Å². The van der Waals surface area contributed by atoms with E-state index in [4.69, 9.17) is 16.6 Å². The summed E-state index contributed by atoms with van der Waals surface area (Å²) in [7, 11) is 0. The molecule has 9 heteroatoms. The van der Waals surface area contributed by atoms with Gasteiger partial charge in [0.25, 0.3) is 0 Å². The van der Waals surface area contributed by atoms with E-state index in [0.29, 0.717) is 28.7 Å². The number of carboxylic acids is 1. The van der Waals surface area contributed by atoms with Gasteiger partial charge in [0.2, 0.25) is 5.91 Å². The molecule has 2 aromatic carbocycles. The van der Waals surface area contributed by atoms with Crippen molar-refractivity contribution in [2.24, 2.45) is 0 Å². The molecule has 39 heavy (non-hydrogen) atoms. The first-order valence-corrected chi connectivity index (χ1v) is 13.0. The molecule has 1 fully saturated rings. The van der Waals surface area contributed by atoms with Crippen LogP contribution in [0.3, 0.4) is 0 Å². The average Bonchev–Trinajstić information content (AvgIpc) is 3.54. The summed E-state index contributed by atoms with van der Waals surface area (Å²) in [5, 5.41) is 16.3. The van der Waals surface area contributed by atoms with Crippen LogP contribution >= 0.6 is 12.2 Å². The smallest absolute Gasteiger partial charge is 0.335 e. The number of amides is 1. The Morgan fingerprint density at radius 1 is 1.08 bits per heavy atom. The van der Waals surface area contributed by atoms with E-state index in [9.17, 15) is 14.7 Å². The van der Waals surface area contributed by atoms with Gasteiger partial charge in [-0.25, -0.2) is 4.79 Å². The Labute approximate surface area is 231 Å². The minimum atomic E-state index is -1.01. The average molecular weight is 541 g/mol. The molecule has 1 saturated heterocycles. The van der Waals surface area contributed by atoms with Crippen molar-refractivity contribution in [1.29, 1.82) is 0 Å². The molecule has 8 nitrogen and oxygen atoms in total. The van der Waals surface area contributed by atoms with Gasteiger partial charge in [-0.1, -0.05) is 30.3 Å². The minimum absolute atomic E-state index is 0.114. The number of aryl methyl sites for hydroxylation is 2. The molecule has 1 amide bonds. The summed E-state index contributed by atoms with van der Waals surface area (Å²) in [6, 6.07) is 21.3. The normalized spacial score (nSPS) is 16.7. The van der Waals surface area contributed by atoms with Gasteiger partial charge in [-0.15, -0.1) is 0 Å². The Morgan fingerprint density at radius 2 is 1.92 bits per heavy atom. The third-order valence-electron chi connectivity index (χ3n) is 6.76. The van der Waals surface area contributed by atoms with Gasteiger partial charge in [-0.2, -0.15) is 0 Å². The molecule has 198 valence electrons. The highest BCUT2D eigenvalue weighted by Gasteiger charge is 2.41. The van der Waals surface area contributed by atoms with Crippen LogP contribution in [-0.2, 0) is 4.79 Å². The molecule has 3 heterocycles. The number of benzene rings is 2. The first kappa shape index (κ1) is 26.1. The summed E-state index contributed by atoms with van der Waals surface area (Å²) in [5.74, 6) is 0.0497. The maximum Gasteiger partial charge on any atom is 0.335 e. The van der Waals surface area contributed by atoms with E-state index >= 15 is 0 Å². The van der Waals surface area contributed by atoms with Crippen LogP contribution < -0.4 is 10.6 Å². The van der Waals surface area contributed by atoms with Crippen LogP contribution in [0.1, 0.15) is 51.4 Å². The van der Waals surface area contributed by atoms with Gasteiger partial charge < -0.3 is 25.1 Å². The van der Waals surface area contributed by atoms with Crippen molar-refractivity contribution in [3.63, 3.8) is 0 Å². The Kier molecular flexibility index (Phi) is 7.42. The number of hydrogen-bond acceptors (Lipinski definition) is 5. The van der Waals surface area contributed by atoms with Crippen molar-refractivity contribution in [3.05, 3.63) is 107 Å². The Morgan fingerprint density at radius 3 is 2.69 bits per heavy atom. The van der Waals surface area contributed by atoms with Gasteiger partial charge in [-0.3, -0.25) is 9.78 Å². The lowest BCUT2D eigenvalue weighted by Gasteiger charge is -2.26. The lowest BCUT2D eigenvalue weighted by atomic mass is 10.0. The van der Waals surface area contributed by atoms with Gasteiger partial charge in [0.15, 0.2) is 5.11 Å². The van der Waals surface area contributed by atoms with E-state index in [1.165, 1.54) is 6.07 Å². The number of aromatic carboxylic acids is 1. The van der Waals surface area contributed by atoms with Crippen molar-refractivity contribution in [3.8, 4) is 11.3 Å². The Hall–Kier alpha value is -4.50. The summed E-state index contributed by atoms with van der Waals surface area (Å²) in [4.78, 5) is 30.9. The second-order valence-electron chi connectivity index (χ2n) is 9.52. The van der Waals surface area contributed by atoms with Gasteiger partial charge in [0, 0.05) is 30.4 Å². The molecule has 3 N–H and O–H groups in total. The number of carbonyl (C=O) groups is 2. The maximum atomic E-state index is 12.9. The van der Waals surface area contributed by atoms with Crippen molar-refractivity contribution < 1.29 is 19.1 Å². The topological polar surface area (TPSA) is 108 Å². The summed E-state index contributed by atoms with van der Waals surface area (Å²) in [6.45, 7) is 4.31. The zero-order valence-electron chi connectivity index (χ0n) is 21.5. The molecule has 0 spiro atoms. The number of aromatic nitrogens is 1. The van der Waals surface area contributed by atoms with Gasteiger partial charge >= 0.3 is 5.97 Å². The largest absolute Gasteiger partial charge is 0.478 e. The summed E-state index contributed by atoms with van der Waals surface area (Å²) in [6.07, 6.45) is 1.94. The highest BCUT2D eigenvalue weighted by Crippen LogP contribution is 2.40. The number of nitrogens with zero attached hydrogens (tertiary/aromatic N) is 2. The van der Waals surface area contributed by atoms with Crippen LogP contribution in [0.15, 0.2) is 83.4 Å². The number of nitrogens with one attached hydrogen (secondary N) is 2. The predicted molar refractivity (Wildman–Crippen MR) is 152 cm³/mol. The summed E-state index contributed by atoms with van der Waals surface area (Å²) in [5.41, 5.74) is 4.49. The molecule has 2 atom stereocenters. The van der Waals surface area contributed by atoms with E-state index in [1.807, 2.05) is 67.3 Å². The fourth-order valence-electron chi connectivity index (χ4n) is 4.73. The number of carboxylic acid groups (broad SMARTS) is 1. The van der Waals surface area contributed by atoms with Crippen LogP contribution in [0, 0.1) is 13.8 Å². The first-order valence-electron chi connectivity index (χ1n) is 12.6. The van der Waals surface area contributed by atoms with Crippen LogP contribution in [-0.4, -0.2) is 38.5 Å². The van der Waals surface area contributed by atoms with Crippen LogP contribution in [0.25, 0.3) is 11.3 Å². The van der Waals surface area contributed by atoms with E-state index in [2.05, 4.69) is 15.6 Å². The molecule has 1 aliphatic heterocycles. The van der Waals surface area contributed by atoms with E-state index < -0.39 is 5.97 Å². The number of furan rings is 1. The molecule has 0 bridgehead atoms. The second kappa shape index (κ2) is 11.1. The third kappa shape index (κ3) is 5.68. The lowest BCUT2D eigenvalue weighted by Crippen LogP contribution is -2.32. The molecule has 1 aliphatic rings. The summed E-state index contributed by atoms with van der Waals surface area (Å²) >= 11 is 5.71. The maximum absolute atomic E-state index is 12.9. The molecule has 2 aromatic heterocycles. The highest BCUT2D eigenvalue weighted by molar-refractivity contribution is 7.80. The molecule has 0 saturated carbocycles. The number of hydrogen-bond donors (Lipinski definition) is 3. The molecule has 5 rings (SSSR count). The van der Waals surface area contributed by atoms with Crippen molar-refractivity contribution >= 4 is 34.9 Å². The molecule has 0 aliphatic carbocycles. The summed E-state index contributed by atoms with van der Waals surface area (Å²) < 4.78 is 6.29. The van der Waals surface area contributed by atoms with Crippen LogP contribution in [0.5, 0.6) is 0 Å². The van der Waals surface area contributed by atoms with E-state index in [-0.39, 0.29) is 30.0 Å². The molecule has 2 unspecified atom stereocenters. The zero-order chi connectivity index (χ0) is 27.5. The predicted octanol–water partition coefficient (Wildman–Crippen LogP) is 5.66. The number of anilines is 1. The highest BCUT2D eigenvalue weighted by atomic mass is 32.1. The van der Waals surface area contributed by atoms with E-state index in [1.54, 1.807) is 24.4 Å². The quantitative estimate of drug-likeness (QED) is 0.246. The number of pyridine rings is 1. The first-order chi connectivity index (χ1) is 18.8. The Bertz CT molecular complexity index is 1530. The monoisotopic (exact) mass is 540 g/mol. The van der Waals surface area contributed by atoms with Crippen molar-refractivity contribution in [1.82, 2.24) is 15.2 Å². The number of rotatable bonds is 8. The molecule has 4 aromatic rings. The standard InChI is InChI=1S/C30H28N4O4S/c1-18-9-10-19(2)23(16-18)32-26(35)13-15-34-28(27(33-30(34)39)22-8-3-4-14-31-22)25-12-11-24(38-25)20-6-5-7-21(17-20)29(36)37/h3-12,14,16-17,27-28H,13,15H2,1-2H3,(H,32,35)(H,33,39)(H,36,37). The molecular weight excluding hydrogens is 512 g/mol. The number of carbonyl (C=O) groups excluding carboxylic acids is 1. The SMILES string of the molecule is Cc1ccc(C)c(NC(=O)CCN2C(=S)NC(c3ccccn3)C2c2ccc(-c3cccc(C(=O)O)c3)o2)c1. The van der Waals surface area contributed by atoms with Gasteiger partial charge in [-0.05, 0) is 79.7 Å². The third-order valence-corrected chi connectivity index (χ3v) is 7.11. The fraction of sp³-hybridized carbons (Fsp3) is 0.200. The molecular formula is C30H28N4O4S. The Balaban J connectivity index is 1.41. The van der Waals surface area contributed by atoms with Crippen molar-refractivity contribution in [2.45, 2.75) is 32.4 Å². The van der Waals surface area contributed by atoms with Gasteiger partial charge in [0.05, 0.1) is 17.3 Å².